The summed E-state index contributed by atoms with van der Waals surface area (Å²) in [6.45, 7) is 13.9. The molecule has 0 spiro atoms. The maximum Gasteiger partial charge on any atom is 0.243 e. The van der Waals surface area contributed by atoms with Gasteiger partial charge < -0.3 is 19.3 Å². The minimum atomic E-state index is -1.36. The molecule has 6 heteroatoms. The number of allylic oxidation sites excluding steroid dienone is 5. The Labute approximate surface area is 226 Å². The van der Waals surface area contributed by atoms with Crippen LogP contribution in [0.15, 0.2) is 41.0 Å². The lowest BCUT2D eigenvalue weighted by molar-refractivity contribution is -0.177. The van der Waals surface area contributed by atoms with Crippen LogP contribution in [0.2, 0.25) is 0 Å². The summed E-state index contributed by atoms with van der Waals surface area (Å²) >= 11 is 0. The summed E-state index contributed by atoms with van der Waals surface area (Å²) in [6.07, 6.45) is 11.5. The highest BCUT2D eigenvalue weighted by atomic mass is 16.7. The summed E-state index contributed by atoms with van der Waals surface area (Å²) in [7, 11) is 1.52. The van der Waals surface area contributed by atoms with E-state index < -0.39 is 17.3 Å². The third-order valence-corrected chi connectivity index (χ3v) is 7.63. The van der Waals surface area contributed by atoms with E-state index in [9.17, 15) is 14.7 Å². The lowest BCUT2D eigenvalue weighted by atomic mass is 9.72. The number of carbonyl (C=O) groups excluding carboxylic acids is 2. The third-order valence-electron chi connectivity index (χ3n) is 7.63. The number of ether oxygens (including phenoxy) is 3. The van der Waals surface area contributed by atoms with Gasteiger partial charge in [0.05, 0.1) is 11.1 Å². The fourth-order valence-corrected chi connectivity index (χ4v) is 5.56. The summed E-state index contributed by atoms with van der Waals surface area (Å²) in [5, 5.41) is 11.4. The summed E-state index contributed by atoms with van der Waals surface area (Å²) in [4.78, 5) is 27.3. The van der Waals surface area contributed by atoms with E-state index in [4.69, 9.17) is 14.2 Å². The molecule has 6 nitrogen and oxygen atoms in total. The fraction of sp³-hybridized carbons (Fsp3) is 0.500. The van der Waals surface area contributed by atoms with E-state index in [1.54, 1.807) is 12.2 Å². The van der Waals surface area contributed by atoms with Crippen LogP contribution >= 0.6 is 0 Å². The molecule has 0 aromatic heterocycles. The average molecular weight is 521 g/mol. The van der Waals surface area contributed by atoms with E-state index in [1.807, 2.05) is 66.7 Å². The Balaban J connectivity index is 1.88. The second kappa shape index (κ2) is 10.2. The molecular weight excluding hydrogens is 480 g/mol. The molecule has 0 saturated heterocycles. The van der Waals surface area contributed by atoms with E-state index in [1.165, 1.54) is 12.7 Å². The van der Waals surface area contributed by atoms with Gasteiger partial charge in [0.1, 0.15) is 34.2 Å². The third kappa shape index (κ3) is 4.86. The standard InChI is InChI=1S/C32H40O6/c1-18(2)10-9-11-25(33)21-16-20(5)32(36-8)24(17-21)28(35)26-27(34)22-14-15-31(6,7)37-29(22)23(30(26)38-32)13-12-19(3)4/h10,12,14-15,17,20-21,34H,9,11,13,16H2,1-8H3/t20-,21+,32-/m0/s1. The van der Waals surface area contributed by atoms with Crippen molar-refractivity contribution >= 4 is 17.6 Å². The smallest absolute Gasteiger partial charge is 0.243 e. The van der Waals surface area contributed by atoms with Crippen molar-refractivity contribution in [3.05, 3.63) is 57.7 Å². The molecule has 2 aliphatic heterocycles. The van der Waals surface area contributed by atoms with Crippen molar-refractivity contribution in [2.24, 2.45) is 11.8 Å². The van der Waals surface area contributed by atoms with Gasteiger partial charge in [-0.05, 0) is 73.0 Å². The van der Waals surface area contributed by atoms with E-state index in [0.29, 0.717) is 42.6 Å². The lowest BCUT2D eigenvalue weighted by Crippen LogP contribution is -2.54. The molecular formula is C32H40O6. The zero-order chi connectivity index (χ0) is 28.0. The number of ketones is 2. The van der Waals surface area contributed by atoms with Crippen molar-refractivity contribution in [1.29, 1.82) is 0 Å². The van der Waals surface area contributed by atoms with Gasteiger partial charge in [-0.15, -0.1) is 0 Å². The molecule has 3 atom stereocenters. The number of hydrogen-bond acceptors (Lipinski definition) is 6. The summed E-state index contributed by atoms with van der Waals surface area (Å²) in [5.74, 6) is -1.74. The number of aromatic hydroxyl groups is 1. The van der Waals surface area contributed by atoms with Crippen LogP contribution in [0.25, 0.3) is 6.08 Å². The van der Waals surface area contributed by atoms with Gasteiger partial charge in [-0.2, -0.15) is 0 Å². The summed E-state index contributed by atoms with van der Waals surface area (Å²) in [5.41, 5.74) is 3.21. The molecule has 0 bridgehead atoms. The van der Waals surface area contributed by atoms with E-state index in [0.717, 1.165) is 5.57 Å². The minimum absolute atomic E-state index is 0.0858. The highest BCUT2D eigenvalue weighted by Gasteiger charge is 2.55. The van der Waals surface area contributed by atoms with Crippen LogP contribution < -0.4 is 9.47 Å². The average Bonchev–Trinajstić information content (AvgIpc) is 2.83. The molecule has 204 valence electrons. The Kier molecular flexibility index (Phi) is 7.50. The van der Waals surface area contributed by atoms with Crippen LogP contribution in [0, 0.1) is 11.8 Å². The predicted octanol–water partition coefficient (Wildman–Crippen LogP) is 6.90. The lowest BCUT2D eigenvalue weighted by Gasteiger charge is -2.47. The Morgan fingerprint density at radius 1 is 1.13 bits per heavy atom. The topological polar surface area (TPSA) is 82.1 Å². The van der Waals surface area contributed by atoms with Gasteiger partial charge in [0.15, 0.2) is 0 Å². The van der Waals surface area contributed by atoms with Gasteiger partial charge in [0.25, 0.3) is 0 Å². The molecule has 4 rings (SSSR count). The highest BCUT2D eigenvalue weighted by Crippen LogP contribution is 2.55. The van der Waals surface area contributed by atoms with Crippen LogP contribution in [0.1, 0.15) is 89.2 Å². The maximum atomic E-state index is 14.2. The molecule has 0 amide bonds. The SMILES string of the molecule is CO[C@@]12Oc3c(CC=C(C)C)c4c(c(O)c3C(=O)C1=C[C@H](C(=O)CCC=C(C)C)C[C@@H]2C)C=CC(C)(C)O4. The molecule has 0 fully saturated rings. The first-order valence-electron chi connectivity index (χ1n) is 13.4. The van der Waals surface area contributed by atoms with Gasteiger partial charge in [-0.3, -0.25) is 9.59 Å². The van der Waals surface area contributed by atoms with E-state index >= 15 is 0 Å². The number of fused-ring (bicyclic) bond motifs is 3. The Morgan fingerprint density at radius 3 is 2.45 bits per heavy atom. The molecule has 1 N–H and O–H groups in total. The molecule has 1 aromatic rings. The fourth-order valence-electron chi connectivity index (χ4n) is 5.56. The molecule has 0 radical (unpaired) electrons. The van der Waals surface area contributed by atoms with Crippen molar-refractivity contribution in [3.63, 3.8) is 0 Å². The predicted molar refractivity (Wildman–Crippen MR) is 149 cm³/mol. The number of phenolic OH excluding ortho intramolecular Hbond substituents is 1. The van der Waals surface area contributed by atoms with Crippen LogP contribution in [0.5, 0.6) is 17.2 Å². The van der Waals surface area contributed by atoms with E-state index in [2.05, 4.69) is 0 Å². The molecule has 0 unspecified atom stereocenters. The second-order valence-electron chi connectivity index (χ2n) is 11.7. The zero-order valence-corrected chi connectivity index (χ0v) is 23.9. The van der Waals surface area contributed by atoms with Gasteiger partial charge in [0.2, 0.25) is 11.6 Å². The summed E-state index contributed by atoms with van der Waals surface area (Å²) < 4.78 is 19.0. The van der Waals surface area contributed by atoms with Crippen molar-refractivity contribution in [3.8, 4) is 17.2 Å². The Morgan fingerprint density at radius 2 is 1.82 bits per heavy atom. The first-order valence-corrected chi connectivity index (χ1v) is 13.4. The van der Waals surface area contributed by atoms with Gasteiger partial charge >= 0.3 is 0 Å². The number of methoxy groups -OCH3 is 1. The maximum absolute atomic E-state index is 14.2. The van der Waals surface area contributed by atoms with Crippen molar-refractivity contribution in [2.75, 3.05) is 7.11 Å². The van der Waals surface area contributed by atoms with Gasteiger partial charge in [-0.1, -0.05) is 36.3 Å². The van der Waals surface area contributed by atoms with Crippen LogP contribution in [-0.4, -0.2) is 35.2 Å². The molecule has 1 aliphatic carbocycles. The monoisotopic (exact) mass is 520 g/mol. The highest BCUT2D eigenvalue weighted by molar-refractivity contribution is 6.16. The molecule has 3 aliphatic rings. The normalized spacial score (nSPS) is 24.6. The molecule has 38 heavy (non-hydrogen) atoms. The van der Waals surface area contributed by atoms with E-state index in [-0.39, 0.29) is 40.1 Å². The number of carbonyl (C=O) groups is 2. The number of Topliss-reactive ketones (excluding diaryl/α,β-unsaturated/α-hetero) is 2. The first-order chi connectivity index (χ1) is 17.8. The first kappa shape index (κ1) is 27.9. The van der Waals surface area contributed by atoms with Crippen molar-refractivity contribution < 1.29 is 28.9 Å². The number of phenols is 1. The quantitative estimate of drug-likeness (QED) is 0.394. The Bertz CT molecular complexity index is 1280. The van der Waals surface area contributed by atoms with Crippen LogP contribution in [0.4, 0.5) is 0 Å². The van der Waals surface area contributed by atoms with Crippen LogP contribution in [0.3, 0.4) is 0 Å². The summed E-state index contributed by atoms with van der Waals surface area (Å²) in [6, 6.07) is 0. The zero-order valence-electron chi connectivity index (χ0n) is 23.9. The van der Waals surface area contributed by atoms with Gasteiger partial charge in [0, 0.05) is 30.9 Å². The van der Waals surface area contributed by atoms with Crippen molar-refractivity contribution in [1.82, 2.24) is 0 Å². The Hall–Kier alpha value is -3.12. The molecule has 2 heterocycles. The molecule has 0 saturated carbocycles. The minimum Gasteiger partial charge on any atom is -0.506 e. The van der Waals surface area contributed by atoms with Crippen LogP contribution in [-0.2, 0) is 16.0 Å². The van der Waals surface area contributed by atoms with Crippen molar-refractivity contribution in [2.45, 2.75) is 85.5 Å². The largest absolute Gasteiger partial charge is 0.506 e. The number of benzene rings is 1. The number of hydrogen-bond donors (Lipinski definition) is 1. The molecule has 1 aromatic carbocycles. The number of rotatable bonds is 7. The second-order valence-corrected chi connectivity index (χ2v) is 11.7. The van der Waals surface area contributed by atoms with Gasteiger partial charge in [-0.25, -0.2) is 0 Å².